The van der Waals surface area contributed by atoms with Gasteiger partial charge in [-0.25, -0.2) is 8.42 Å². The molecular weight excluding hydrogens is 422 g/mol. The first-order valence-electron chi connectivity index (χ1n) is 10.2. The molecule has 0 bridgehead atoms. The lowest BCUT2D eigenvalue weighted by Gasteiger charge is -2.25. The van der Waals surface area contributed by atoms with E-state index in [-0.39, 0.29) is 15.7 Å². The van der Waals surface area contributed by atoms with E-state index in [1.165, 1.54) is 10.4 Å². The van der Waals surface area contributed by atoms with Crippen molar-refractivity contribution in [3.63, 3.8) is 0 Å². The number of anilines is 1. The number of sulfonamides is 1. The predicted molar refractivity (Wildman–Crippen MR) is 116 cm³/mol. The SMILES string of the molecule is O=C(Nc1ccc(C(=O)N2CCCC2)cc1)c1sccc1S(=O)(=O)N1CCCCC1. The number of hydrogen-bond donors (Lipinski definition) is 1. The Labute approximate surface area is 180 Å². The van der Waals surface area contributed by atoms with Gasteiger partial charge in [0.05, 0.1) is 0 Å². The normalized spacial score (nSPS) is 17.8. The molecule has 2 aliphatic rings. The van der Waals surface area contributed by atoms with E-state index < -0.39 is 15.9 Å². The highest BCUT2D eigenvalue weighted by Gasteiger charge is 2.31. The Morgan fingerprint density at radius 2 is 1.50 bits per heavy atom. The minimum absolute atomic E-state index is 0.00135. The molecule has 0 aliphatic carbocycles. The lowest BCUT2D eigenvalue weighted by molar-refractivity contribution is 0.0792. The van der Waals surface area contributed by atoms with Gasteiger partial charge in [-0.3, -0.25) is 9.59 Å². The number of amides is 2. The van der Waals surface area contributed by atoms with Crippen LogP contribution in [0.2, 0.25) is 0 Å². The molecule has 0 atom stereocenters. The van der Waals surface area contributed by atoms with Crippen LogP contribution in [-0.4, -0.2) is 55.6 Å². The van der Waals surface area contributed by atoms with Crippen molar-refractivity contribution >= 4 is 38.9 Å². The van der Waals surface area contributed by atoms with Gasteiger partial charge in [0, 0.05) is 37.4 Å². The van der Waals surface area contributed by atoms with Gasteiger partial charge >= 0.3 is 0 Å². The molecule has 1 aromatic heterocycles. The van der Waals surface area contributed by atoms with E-state index in [0.29, 0.717) is 24.3 Å². The maximum absolute atomic E-state index is 13.0. The molecule has 0 spiro atoms. The number of hydrogen-bond acceptors (Lipinski definition) is 5. The van der Waals surface area contributed by atoms with E-state index in [1.54, 1.807) is 29.6 Å². The van der Waals surface area contributed by atoms with Gasteiger partial charge in [0.25, 0.3) is 11.8 Å². The second-order valence-corrected chi connectivity index (χ2v) is 10.4. The van der Waals surface area contributed by atoms with Gasteiger partial charge < -0.3 is 10.2 Å². The molecule has 0 unspecified atom stereocenters. The molecule has 30 heavy (non-hydrogen) atoms. The highest BCUT2D eigenvalue weighted by atomic mass is 32.2. The quantitative estimate of drug-likeness (QED) is 0.761. The number of carbonyl (C=O) groups is 2. The van der Waals surface area contributed by atoms with Crippen LogP contribution in [0.3, 0.4) is 0 Å². The van der Waals surface area contributed by atoms with Gasteiger partial charge in [-0.15, -0.1) is 11.3 Å². The maximum Gasteiger partial charge on any atom is 0.267 e. The van der Waals surface area contributed by atoms with E-state index in [2.05, 4.69) is 5.32 Å². The topological polar surface area (TPSA) is 86.8 Å². The Bertz CT molecular complexity index is 1020. The van der Waals surface area contributed by atoms with Crippen molar-refractivity contribution in [3.8, 4) is 0 Å². The van der Waals surface area contributed by atoms with E-state index in [1.807, 2.05) is 4.90 Å². The van der Waals surface area contributed by atoms with Crippen LogP contribution in [0.1, 0.15) is 52.1 Å². The lowest BCUT2D eigenvalue weighted by atomic mass is 10.2. The summed E-state index contributed by atoms with van der Waals surface area (Å²) in [6, 6.07) is 8.23. The van der Waals surface area contributed by atoms with E-state index in [0.717, 1.165) is 56.5 Å². The molecule has 1 N–H and O–H groups in total. The molecule has 0 radical (unpaired) electrons. The molecule has 3 heterocycles. The fraction of sp³-hybridized carbons (Fsp3) is 0.429. The van der Waals surface area contributed by atoms with Crippen LogP contribution < -0.4 is 5.32 Å². The first-order chi connectivity index (χ1) is 14.5. The smallest absolute Gasteiger partial charge is 0.267 e. The molecule has 2 aliphatic heterocycles. The van der Waals surface area contributed by atoms with Gasteiger partial charge in [0.1, 0.15) is 9.77 Å². The Hall–Kier alpha value is -2.23. The predicted octanol–water partition coefficient (Wildman–Crippen LogP) is 3.41. The summed E-state index contributed by atoms with van der Waals surface area (Å²) in [6.07, 6.45) is 4.77. The molecule has 2 saturated heterocycles. The minimum atomic E-state index is -3.68. The number of likely N-dealkylation sites (tertiary alicyclic amines) is 1. The van der Waals surface area contributed by atoms with Crippen LogP contribution in [0.5, 0.6) is 0 Å². The summed E-state index contributed by atoms with van der Waals surface area (Å²) >= 11 is 1.11. The molecule has 0 saturated carbocycles. The van der Waals surface area contributed by atoms with Crippen molar-refractivity contribution < 1.29 is 18.0 Å². The summed E-state index contributed by atoms with van der Waals surface area (Å²) in [5.74, 6) is -0.460. The Morgan fingerprint density at radius 1 is 0.867 bits per heavy atom. The molecule has 7 nitrogen and oxygen atoms in total. The van der Waals surface area contributed by atoms with E-state index in [9.17, 15) is 18.0 Å². The van der Waals surface area contributed by atoms with Crippen LogP contribution in [0.25, 0.3) is 0 Å². The average Bonchev–Trinajstić information content (AvgIpc) is 3.47. The van der Waals surface area contributed by atoms with Crippen LogP contribution in [0, 0.1) is 0 Å². The monoisotopic (exact) mass is 447 g/mol. The minimum Gasteiger partial charge on any atom is -0.339 e. The molecule has 2 aromatic rings. The first kappa shape index (κ1) is 21.0. The number of nitrogens with zero attached hydrogens (tertiary/aromatic N) is 2. The molecule has 2 fully saturated rings. The zero-order chi connectivity index (χ0) is 21.1. The van der Waals surface area contributed by atoms with Crippen molar-refractivity contribution in [1.29, 1.82) is 0 Å². The summed E-state index contributed by atoms with van der Waals surface area (Å²) in [6.45, 7) is 2.55. The van der Waals surface area contributed by atoms with Crippen LogP contribution in [-0.2, 0) is 10.0 Å². The molecule has 2 amide bonds. The fourth-order valence-electron chi connectivity index (χ4n) is 3.90. The highest BCUT2D eigenvalue weighted by molar-refractivity contribution is 7.89. The van der Waals surface area contributed by atoms with Crippen molar-refractivity contribution in [1.82, 2.24) is 9.21 Å². The van der Waals surface area contributed by atoms with Gasteiger partial charge in [-0.05, 0) is 61.4 Å². The number of nitrogens with one attached hydrogen (secondary N) is 1. The van der Waals surface area contributed by atoms with Crippen LogP contribution in [0.15, 0.2) is 40.6 Å². The molecule has 9 heteroatoms. The molecule has 1 aromatic carbocycles. The van der Waals surface area contributed by atoms with Crippen molar-refractivity contribution in [2.45, 2.75) is 37.0 Å². The number of piperidine rings is 1. The Balaban J connectivity index is 1.47. The number of benzene rings is 1. The van der Waals surface area contributed by atoms with Crippen LogP contribution in [0.4, 0.5) is 5.69 Å². The third kappa shape index (κ3) is 4.28. The first-order valence-corrected chi connectivity index (χ1v) is 12.6. The standard InChI is InChI=1S/C21H25N3O4S2/c25-20(19-18(10-15-29-19)30(27,28)24-13-2-1-3-14-24)22-17-8-6-16(7-9-17)21(26)23-11-4-5-12-23/h6-10,15H,1-5,11-14H2,(H,22,25). The summed E-state index contributed by atoms with van der Waals surface area (Å²) in [5.41, 5.74) is 1.10. The third-order valence-corrected chi connectivity index (χ3v) is 8.53. The number of carbonyl (C=O) groups excluding carboxylic acids is 2. The second kappa shape index (κ2) is 8.87. The zero-order valence-electron chi connectivity index (χ0n) is 16.7. The molecule has 4 rings (SSSR count). The largest absolute Gasteiger partial charge is 0.339 e. The van der Waals surface area contributed by atoms with Gasteiger partial charge in [-0.1, -0.05) is 6.42 Å². The Morgan fingerprint density at radius 3 is 2.17 bits per heavy atom. The number of rotatable bonds is 5. The molecular formula is C21H25N3O4S2. The average molecular weight is 448 g/mol. The van der Waals surface area contributed by atoms with Crippen molar-refractivity contribution in [3.05, 3.63) is 46.2 Å². The second-order valence-electron chi connectivity index (χ2n) is 7.61. The Kier molecular flexibility index (Phi) is 6.21. The van der Waals surface area contributed by atoms with Gasteiger partial charge in [-0.2, -0.15) is 4.31 Å². The zero-order valence-corrected chi connectivity index (χ0v) is 18.3. The van der Waals surface area contributed by atoms with Crippen LogP contribution >= 0.6 is 11.3 Å². The lowest BCUT2D eigenvalue weighted by Crippen LogP contribution is -2.36. The summed E-state index contributed by atoms with van der Waals surface area (Å²) in [5, 5.41) is 4.39. The summed E-state index contributed by atoms with van der Waals surface area (Å²) < 4.78 is 27.4. The number of thiophene rings is 1. The van der Waals surface area contributed by atoms with E-state index >= 15 is 0 Å². The third-order valence-electron chi connectivity index (χ3n) is 5.55. The highest BCUT2D eigenvalue weighted by Crippen LogP contribution is 2.28. The summed E-state index contributed by atoms with van der Waals surface area (Å²) in [7, 11) is -3.68. The fourth-order valence-corrected chi connectivity index (χ4v) is 6.71. The van der Waals surface area contributed by atoms with Gasteiger partial charge in [0.2, 0.25) is 10.0 Å². The van der Waals surface area contributed by atoms with Gasteiger partial charge in [0.15, 0.2) is 0 Å². The van der Waals surface area contributed by atoms with Crippen molar-refractivity contribution in [2.75, 3.05) is 31.5 Å². The van der Waals surface area contributed by atoms with E-state index in [4.69, 9.17) is 0 Å². The molecule has 160 valence electrons. The van der Waals surface area contributed by atoms with Crippen molar-refractivity contribution in [2.24, 2.45) is 0 Å². The summed E-state index contributed by atoms with van der Waals surface area (Å²) in [4.78, 5) is 27.3. The maximum atomic E-state index is 13.0.